The van der Waals surface area contributed by atoms with Crippen LogP contribution in [0.4, 0.5) is 13.2 Å². The number of rotatable bonds is 1. The summed E-state index contributed by atoms with van der Waals surface area (Å²) in [4.78, 5) is 0. The summed E-state index contributed by atoms with van der Waals surface area (Å²) in [5.74, 6) is -0.164. The van der Waals surface area contributed by atoms with E-state index < -0.39 is 6.36 Å². The second-order valence-corrected chi connectivity index (χ2v) is 3.01. The molecule has 0 atom stereocenters. The van der Waals surface area contributed by atoms with Crippen molar-refractivity contribution in [2.24, 2.45) is 0 Å². The molecule has 0 fully saturated rings. The molecule has 0 heterocycles. The Morgan fingerprint density at radius 2 is 2.00 bits per heavy atom. The number of allylic oxidation sites excluding steroid dienone is 1. The first kappa shape index (κ1) is 9.12. The summed E-state index contributed by atoms with van der Waals surface area (Å²) in [7, 11) is 0. The minimum Gasteiger partial charge on any atom is -0.406 e. The molecule has 0 amide bonds. The highest BCUT2D eigenvalue weighted by Crippen LogP contribution is 2.28. The van der Waals surface area contributed by atoms with Crippen molar-refractivity contribution < 1.29 is 17.9 Å². The number of hydrogen-bond acceptors (Lipinski definition) is 1. The molecule has 2 rings (SSSR count). The summed E-state index contributed by atoms with van der Waals surface area (Å²) < 4.78 is 39.4. The fourth-order valence-electron chi connectivity index (χ4n) is 1.42. The van der Waals surface area contributed by atoms with E-state index in [1.165, 1.54) is 12.1 Å². The highest BCUT2D eigenvalue weighted by atomic mass is 19.4. The first-order valence-corrected chi connectivity index (χ1v) is 4.10. The van der Waals surface area contributed by atoms with Gasteiger partial charge in [-0.25, -0.2) is 0 Å². The van der Waals surface area contributed by atoms with Crippen LogP contribution in [0, 0.1) is 0 Å². The third-order valence-corrected chi connectivity index (χ3v) is 1.99. The summed E-state index contributed by atoms with van der Waals surface area (Å²) >= 11 is 0. The van der Waals surface area contributed by atoms with Gasteiger partial charge in [-0.1, -0.05) is 18.2 Å². The van der Waals surface area contributed by atoms with Gasteiger partial charge in [0.25, 0.3) is 0 Å². The first-order chi connectivity index (χ1) is 6.54. The van der Waals surface area contributed by atoms with Crippen LogP contribution in [0.2, 0.25) is 0 Å². The molecule has 0 bridgehead atoms. The monoisotopic (exact) mass is 200 g/mol. The van der Waals surface area contributed by atoms with Crippen molar-refractivity contribution in [3.63, 3.8) is 0 Å². The average Bonchev–Trinajstić information content (AvgIpc) is 2.47. The number of hydrogen-bond donors (Lipinski definition) is 0. The van der Waals surface area contributed by atoms with Crippen LogP contribution in [0.3, 0.4) is 0 Å². The molecule has 1 aliphatic carbocycles. The fraction of sp³-hybridized carbons (Fsp3) is 0.200. The molecule has 0 aliphatic heterocycles. The Labute approximate surface area is 78.8 Å². The lowest BCUT2D eigenvalue weighted by Gasteiger charge is -2.09. The van der Waals surface area contributed by atoms with Gasteiger partial charge in [0.15, 0.2) is 0 Å². The molecule has 4 heteroatoms. The molecular formula is C10H7F3O. The number of halogens is 3. The molecule has 0 aromatic heterocycles. The number of benzene rings is 1. The van der Waals surface area contributed by atoms with Gasteiger partial charge in [0, 0.05) is 0 Å². The number of fused-ring (bicyclic) bond motifs is 1. The maximum absolute atomic E-state index is 11.9. The van der Waals surface area contributed by atoms with Gasteiger partial charge in [-0.15, -0.1) is 13.2 Å². The van der Waals surface area contributed by atoms with Crippen LogP contribution in [0.15, 0.2) is 24.3 Å². The first-order valence-electron chi connectivity index (χ1n) is 4.10. The van der Waals surface area contributed by atoms with Crippen LogP contribution >= 0.6 is 0 Å². The van der Waals surface area contributed by atoms with E-state index in [0.29, 0.717) is 0 Å². The second kappa shape index (κ2) is 3.04. The molecule has 1 aliphatic rings. The summed E-state index contributed by atoms with van der Waals surface area (Å²) in [5.41, 5.74) is 1.83. The Morgan fingerprint density at radius 1 is 1.21 bits per heavy atom. The van der Waals surface area contributed by atoms with Crippen molar-refractivity contribution in [2.75, 3.05) is 0 Å². The maximum Gasteiger partial charge on any atom is 0.573 e. The second-order valence-electron chi connectivity index (χ2n) is 3.01. The van der Waals surface area contributed by atoms with Crippen LogP contribution in [0.1, 0.15) is 11.1 Å². The summed E-state index contributed by atoms with van der Waals surface area (Å²) in [6.45, 7) is 0. The van der Waals surface area contributed by atoms with Gasteiger partial charge in [-0.2, -0.15) is 0 Å². The van der Waals surface area contributed by atoms with E-state index in [0.717, 1.165) is 17.5 Å². The lowest BCUT2D eigenvalue weighted by Crippen LogP contribution is -2.17. The molecule has 0 N–H and O–H groups in total. The average molecular weight is 200 g/mol. The van der Waals surface area contributed by atoms with Crippen molar-refractivity contribution in [3.05, 3.63) is 35.4 Å². The third-order valence-electron chi connectivity index (χ3n) is 1.99. The van der Waals surface area contributed by atoms with Crippen molar-refractivity contribution in [2.45, 2.75) is 12.8 Å². The zero-order chi connectivity index (χ0) is 10.2. The van der Waals surface area contributed by atoms with Crippen LogP contribution < -0.4 is 4.74 Å². The minimum absolute atomic E-state index is 0.164. The Morgan fingerprint density at radius 3 is 2.71 bits per heavy atom. The van der Waals surface area contributed by atoms with Crippen LogP contribution in [-0.2, 0) is 6.42 Å². The highest BCUT2D eigenvalue weighted by molar-refractivity contribution is 5.61. The third kappa shape index (κ3) is 1.89. The van der Waals surface area contributed by atoms with E-state index in [4.69, 9.17) is 0 Å². The van der Waals surface area contributed by atoms with Gasteiger partial charge >= 0.3 is 6.36 Å². The molecule has 14 heavy (non-hydrogen) atoms. The summed E-state index contributed by atoms with van der Waals surface area (Å²) in [6.07, 6.45) is -0.140. The van der Waals surface area contributed by atoms with Crippen molar-refractivity contribution in [3.8, 4) is 5.75 Å². The van der Waals surface area contributed by atoms with Gasteiger partial charge in [0.05, 0.1) is 0 Å². The Bertz CT molecular complexity index is 379. The number of alkyl halides is 3. The Kier molecular flexibility index (Phi) is 1.98. The highest BCUT2D eigenvalue weighted by Gasteiger charge is 2.31. The van der Waals surface area contributed by atoms with Gasteiger partial charge in [0.1, 0.15) is 5.75 Å². The molecule has 0 saturated heterocycles. The zero-order valence-electron chi connectivity index (χ0n) is 7.14. The molecule has 0 radical (unpaired) electrons. The minimum atomic E-state index is -4.61. The Balaban J connectivity index is 2.25. The predicted molar refractivity (Wildman–Crippen MR) is 45.9 cm³/mol. The quantitative estimate of drug-likeness (QED) is 0.676. The van der Waals surface area contributed by atoms with Crippen molar-refractivity contribution in [1.29, 1.82) is 0 Å². The van der Waals surface area contributed by atoms with Crippen molar-refractivity contribution in [1.82, 2.24) is 0 Å². The van der Waals surface area contributed by atoms with E-state index in [9.17, 15) is 13.2 Å². The van der Waals surface area contributed by atoms with Crippen molar-refractivity contribution >= 4 is 6.08 Å². The smallest absolute Gasteiger partial charge is 0.406 e. The maximum atomic E-state index is 11.9. The van der Waals surface area contributed by atoms with Crippen LogP contribution in [0.5, 0.6) is 5.75 Å². The molecule has 1 aromatic rings. The van der Waals surface area contributed by atoms with Crippen LogP contribution in [-0.4, -0.2) is 6.36 Å². The normalized spacial score (nSPS) is 14.2. The van der Waals surface area contributed by atoms with E-state index in [1.807, 2.05) is 6.08 Å². The van der Waals surface area contributed by atoms with E-state index >= 15 is 0 Å². The molecule has 74 valence electrons. The standard InChI is InChI=1S/C10H7F3O/c11-10(12,13)14-9-5-4-7-2-1-3-8(7)6-9/h1,3-6H,2H2. The summed E-state index contributed by atoms with van der Waals surface area (Å²) in [5, 5.41) is 0. The molecule has 0 unspecified atom stereocenters. The Hall–Kier alpha value is -1.45. The largest absolute Gasteiger partial charge is 0.573 e. The lowest BCUT2D eigenvalue weighted by molar-refractivity contribution is -0.274. The summed E-state index contributed by atoms with van der Waals surface area (Å²) in [6, 6.07) is 4.38. The molecule has 0 spiro atoms. The topological polar surface area (TPSA) is 9.23 Å². The van der Waals surface area contributed by atoms with Gasteiger partial charge in [-0.3, -0.25) is 0 Å². The van der Waals surface area contributed by atoms with Gasteiger partial charge < -0.3 is 4.74 Å². The molecular weight excluding hydrogens is 193 g/mol. The molecule has 0 saturated carbocycles. The lowest BCUT2D eigenvalue weighted by atomic mass is 10.1. The molecule has 1 nitrogen and oxygen atoms in total. The van der Waals surface area contributed by atoms with E-state index in [1.54, 1.807) is 12.1 Å². The SMILES string of the molecule is FC(F)(F)Oc1ccc2c(c1)C=CC2. The van der Waals surface area contributed by atoms with Gasteiger partial charge in [-0.05, 0) is 29.7 Å². The van der Waals surface area contributed by atoms with E-state index in [2.05, 4.69) is 4.74 Å². The fourth-order valence-corrected chi connectivity index (χ4v) is 1.42. The van der Waals surface area contributed by atoms with E-state index in [-0.39, 0.29) is 5.75 Å². The molecule has 1 aromatic carbocycles. The zero-order valence-corrected chi connectivity index (χ0v) is 7.14. The van der Waals surface area contributed by atoms with Gasteiger partial charge in [0.2, 0.25) is 0 Å². The van der Waals surface area contributed by atoms with Crippen LogP contribution in [0.25, 0.3) is 6.08 Å². The predicted octanol–water partition coefficient (Wildman–Crippen LogP) is 3.15. The number of ether oxygens (including phenoxy) is 1.